The van der Waals surface area contributed by atoms with Gasteiger partial charge < -0.3 is 4.42 Å². The number of para-hydroxylation sites is 1. The van der Waals surface area contributed by atoms with Crippen molar-refractivity contribution in [3.8, 4) is 11.5 Å². The summed E-state index contributed by atoms with van der Waals surface area (Å²) in [4.78, 5) is 30.5. The van der Waals surface area contributed by atoms with Crippen LogP contribution >= 0.6 is 11.8 Å². The Morgan fingerprint density at radius 1 is 0.971 bits per heavy atom. The lowest BCUT2D eigenvalue weighted by Crippen LogP contribution is -2.25. The molecule has 0 aliphatic heterocycles. The second kappa shape index (κ2) is 9.94. The molecule has 2 heterocycles. The molecule has 1 amide bonds. The van der Waals surface area contributed by atoms with Crippen LogP contribution in [0.2, 0.25) is 0 Å². The van der Waals surface area contributed by atoms with Crippen molar-refractivity contribution in [3.63, 3.8) is 0 Å². The molecule has 2 aromatic heterocycles. The van der Waals surface area contributed by atoms with Gasteiger partial charge in [-0.25, -0.2) is 4.98 Å². The molecule has 5 rings (SSSR count). The number of hydrogen-bond donors (Lipinski definition) is 1. The number of benzene rings is 3. The Labute approximate surface area is 205 Å². The van der Waals surface area contributed by atoms with E-state index < -0.39 is 0 Å². The molecule has 3 aromatic carbocycles. The maximum atomic E-state index is 13.3. The molecule has 0 bridgehead atoms. The number of thioether (sulfide) groups is 1. The predicted octanol–water partition coefficient (Wildman–Crippen LogP) is 4.53. The van der Waals surface area contributed by atoms with Crippen LogP contribution in [0.1, 0.15) is 11.1 Å². The molecule has 0 radical (unpaired) electrons. The molecular formula is C26H21N5O3S. The van der Waals surface area contributed by atoms with E-state index in [0.717, 1.165) is 16.7 Å². The summed E-state index contributed by atoms with van der Waals surface area (Å²) in [5, 5.41) is 11.5. The Balaban J connectivity index is 1.35. The van der Waals surface area contributed by atoms with E-state index >= 15 is 0 Å². The van der Waals surface area contributed by atoms with Gasteiger partial charge in [-0.15, -0.1) is 5.10 Å². The highest BCUT2D eigenvalue weighted by Crippen LogP contribution is 2.21. The van der Waals surface area contributed by atoms with Gasteiger partial charge >= 0.3 is 6.01 Å². The molecule has 0 aliphatic carbocycles. The largest absolute Gasteiger partial charge is 0.403 e. The molecule has 0 aliphatic rings. The highest BCUT2D eigenvalue weighted by Gasteiger charge is 2.16. The summed E-state index contributed by atoms with van der Waals surface area (Å²) in [5.74, 6) is -0.0129. The molecule has 9 heteroatoms. The summed E-state index contributed by atoms with van der Waals surface area (Å²) in [6.45, 7) is 2.37. The highest BCUT2D eigenvalue weighted by atomic mass is 32.2. The van der Waals surface area contributed by atoms with Crippen LogP contribution < -0.4 is 10.9 Å². The fourth-order valence-corrected chi connectivity index (χ4v) is 4.33. The monoisotopic (exact) mass is 483 g/mol. The van der Waals surface area contributed by atoms with E-state index in [-0.39, 0.29) is 23.2 Å². The van der Waals surface area contributed by atoms with Crippen molar-refractivity contribution in [3.05, 3.63) is 100 Å². The van der Waals surface area contributed by atoms with Crippen LogP contribution in [0.15, 0.2) is 93.2 Å². The van der Waals surface area contributed by atoms with Crippen molar-refractivity contribution in [2.75, 3.05) is 11.1 Å². The zero-order valence-electron chi connectivity index (χ0n) is 18.8. The second-order valence-electron chi connectivity index (χ2n) is 7.90. The molecule has 0 fully saturated rings. The summed E-state index contributed by atoms with van der Waals surface area (Å²) in [7, 11) is 0. The maximum absolute atomic E-state index is 13.3. The number of amides is 1. The Morgan fingerprint density at radius 3 is 2.51 bits per heavy atom. The first kappa shape index (κ1) is 22.5. The van der Waals surface area contributed by atoms with Gasteiger partial charge in [0.15, 0.2) is 5.16 Å². The van der Waals surface area contributed by atoms with Crippen LogP contribution in [0.4, 0.5) is 6.01 Å². The lowest BCUT2D eigenvalue weighted by atomic mass is 10.1. The van der Waals surface area contributed by atoms with Gasteiger partial charge in [0.05, 0.1) is 23.2 Å². The maximum Gasteiger partial charge on any atom is 0.322 e. The van der Waals surface area contributed by atoms with Crippen LogP contribution in [0.5, 0.6) is 0 Å². The van der Waals surface area contributed by atoms with Crippen molar-refractivity contribution in [2.24, 2.45) is 0 Å². The van der Waals surface area contributed by atoms with Crippen LogP contribution in [0.3, 0.4) is 0 Å². The third-order valence-corrected chi connectivity index (χ3v) is 6.29. The van der Waals surface area contributed by atoms with Gasteiger partial charge in [-0.05, 0) is 36.8 Å². The van der Waals surface area contributed by atoms with E-state index in [0.29, 0.717) is 28.5 Å². The molecule has 8 nitrogen and oxygen atoms in total. The Kier molecular flexibility index (Phi) is 6.40. The molecule has 174 valence electrons. The van der Waals surface area contributed by atoms with Crippen molar-refractivity contribution in [1.29, 1.82) is 0 Å². The predicted molar refractivity (Wildman–Crippen MR) is 135 cm³/mol. The van der Waals surface area contributed by atoms with Crippen LogP contribution in [-0.4, -0.2) is 31.4 Å². The number of aryl methyl sites for hydroxylation is 1. The number of nitrogens with one attached hydrogen (secondary N) is 1. The fraction of sp³-hybridized carbons (Fsp3) is 0.115. The van der Waals surface area contributed by atoms with E-state index in [1.165, 1.54) is 11.8 Å². The molecule has 1 N–H and O–H groups in total. The zero-order chi connectivity index (χ0) is 24.2. The topological polar surface area (TPSA) is 103 Å². The lowest BCUT2D eigenvalue weighted by Gasteiger charge is -2.13. The van der Waals surface area contributed by atoms with Crippen molar-refractivity contribution in [2.45, 2.75) is 18.6 Å². The highest BCUT2D eigenvalue weighted by molar-refractivity contribution is 7.99. The first-order valence-corrected chi connectivity index (χ1v) is 11.9. The summed E-state index contributed by atoms with van der Waals surface area (Å²) in [6.07, 6.45) is 0. The standard InChI is InChI=1S/C26H21N5O3S/c1-17-11-13-18(14-12-17)15-31-24(33)20-9-5-6-10-21(20)27-26(31)35-16-22(32)28-25-30-29-23(34-25)19-7-3-2-4-8-19/h2-14H,15-16H2,1H3,(H,28,30,32). The number of carbonyl (C=O) groups is 1. The molecule has 0 saturated heterocycles. The van der Waals surface area contributed by atoms with Gasteiger partial charge in [0.2, 0.25) is 11.8 Å². The number of nitrogens with zero attached hydrogens (tertiary/aromatic N) is 4. The molecule has 0 unspecified atom stereocenters. The van der Waals surface area contributed by atoms with Gasteiger partial charge in [0.25, 0.3) is 5.56 Å². The van der Waals surface area contributed by atoms with Crippen LogP contribution in [0, 0.1) is 6.92 Å². The number of anilines is 1. The quantitative estimate of drug-likeness (QED) is 0.268. The average Bonchev–Trinajstić information content (AvgIpc) is 3.35. The smallest absolute Gasteiger partial charge is 0.322 e. The number of rotatable bonds is 7. The van der Waals surface area contributed by atoms with Gasteiger partial charge in [-0.1, -0.05) is 77.0 Å². The van der Waals surface area contributed by atoms with Gasteiger partial charge in [0.1, 0.15) is 0 Å². The molecule has 5 aromatic rings. The Bertz CT molecular complexity index is 1550. The van der Waals surface area contributed by atoms with Crippen molar-refractivity contribution < 1.29 is 9.21 Å². The number of aromatic nitrogens is 4. The number of fused-ring (bicyclic) bond motifs is 1. The van der Waals surface area contributed by atoms with E-state index in [4.69, 9.17) is 4.42 Å². The first-order chi connectivity index (χ1) is 17.1. The summed E-state index contributed by atoms with van der Waals surface area (Å²) < 4.78 is 7.15. The van der Waals surface area contributed by atoms with Crippen molar-refractivity contribution >= 4 is 34.6 Å². The second-order valence-corrected chi connectivity index (χ2v) is 8.85. The zero-order valence-corrected chi connectivity index (χ0v) is 19.7. The third kappa shape index (κ3) is 5.15. The molecule has 0 spiro atoms. The minimum atomic E-state index is -0.345. The fourth-order valence-electron chi connectivity index (χ4n) is 3.53. The number of carbonyl (C=O) groups excluding carboxylic acids is 1. The van der Waals surface area contributed by atoms with E-state index in [1.54, 1.807) is 16.7 Å². The summed E-state index contributed by atoms with van der Waals surface area (Å²) in [5.41, 5.74) is 3.31. The minimum absolute atomic E-state index is 0.0120. The molecule has 35 heavy (non-hydrogen) atoms. The minimum Gasteiger partial charge on any atom is -0.403 e. The van der Waals surface area contributed by atoms with Gasteiger partial charge in [-0.3, -0.25) is 19.5 Å². The molecule has 0 saturated carbocycles. The molecule has 0 atom stereocenters. The summed E-state index contributed by atoms with van der Waals surface area (Å²) in [6, 6.07) is 24.5. The molecular weight excluding hydrogens is 462 g/mol. The van der Waals surface area contributed by atoms with Crippen LogP contribution in [0.25, 0.3) is 22.4 Å². The Hall–Kier alpha value is -4.24. The first-order valence-electron chi connectivity index (χ1n) is 10.9. The van der Waals surface area contributed by atoms with Gasteiger partial charge in [0, 0.05) is 5.56 Å². The van der Waals surface area contributed by atoms with E-state index in [1.807, 2.05) is 73.7 Å². The third-order valence-electron chi connectivity index (χ3n) is 5.31. The SMILES string of the molecule is Cc1ccc(Cn2c(SCC(=O)Nc3nnc(-c4ccccc4)o3)nc3ccccc3c2=O)cc1. The normalized spacial score (nSPS) is 11.0. The van der Waals surface area contributed by atoms with E-state index in [9.17, 15) is 9.59 Å². The van der Waals surface area contributed by atoms with E-state index in [2.05, 4.69) is 20.5 Å². The average molecular weight is 484 g/mol. The van der Waals surface area contributed by atoms with Gasteiger partial charge in [-0.2, -0.15) is 0 Å². The Morgan fingerprint density at radius 2 is 1.71 bits per heavy atom. The number of hydrogen-bond acceptors (Lipinski definition) is 7. The summed E-state index contributed by atoms with van der Waals surface area (Å²) >= 11 is 1.18. The van der Waals surface area contributed by atoms with Crippen LogP contribution in [-0.2, 0) is 11.3 Å². The lowest BCUT2D eigenvalue weighted by molar-refractivity contribution is -0.113. The van der Waals surface area contributed by atoms with Crippen molar-refractivity contribution in [1.82, 2.24) is 19.7 Å².